The van der Waals surface area contributed by atoms with Gasteiger partial charge in [0.1, 0.15) is 17.3 Å². The predicted molar refractivity (Wildman–Crippen MR) is 127 cm³/mol. The van der Waals surface area contributed by atoms with Crippen LogP contribution in [-0.4, -0.2) is 22.3 Å². The highest BCUT2D eigenvalue weighted by molar-refractivity contribution is 9.10. The molecule has 0 bridgehead atoms. The number of rotatable bonds is 5. The molecule has 0 saturated carbocycles. The standard InChI is InChI=1S/C21H13BrN2O5S2/c1-28-18-10-14(24(26)27)5-7-16(18)17-8-6-15(29-17)11-19-20(25)23(21(30)31-19)13-4-2-3-12(22)9-13/h2-11H,1H3/b19-11+. The molecule has 2 aromatic carbocycles. The fourth-order valence-electron chi connectivity index (χ4n) is 3.01. The number of carbonyl (C=O) groups is 1. The summed E-state index contributed by atoms with van der Waals surface area (Å²) in [5.74, 6) is 0.987. The molecule has 0 radical (unpaired) electrons. The maximum absolute atomic E-state index is 12.9. The Hall–Kier alpha value is -2.95. The van der Waals surface area contributed by atoms with Crippen molar-refractivity contribution in [3.8, 4) is 17.1 Å². The van der Waals surface area contributed by atoms with E-state index >= 15 is 0 Å². The minimum atomic E-state index is -0.493. The van der Waals surface area contributed by atoms with E-state index in [0.717, 1.165) is 4.47 Å². The number of anilines is 1. The Bertz CT molecular complexity index is 1250. The van der Waals surface area contributed by atoms with Gasteiger partial charge in [-0.3, -0.25) is 19.8 Å². The highest BCUT2D eigenvalue weighted by atomic mass is 79.9. The van der Waals surface area contributed by atoms with Crippen LogP contribution in [0.5, 0.6) is 5.75 Å². The molecule has 1 amide bonds. The van der Waals surface area contributed by atoms with Gasteiger partial charge in [0, 0.05) is 16.6 Å². The van der Waals surface area contributed by atoms with Crippen molar-refractivity contribution in [3.63, 3.8) is 0 Å². The van der Waals surface area contributed by atoms with Crippen LogP contribution >= 0.6 is 39.9 Å². The van der Waals surface area contributed by atoms with Gasteiger partial charge in [-0.15, -0.1) is 0 Å². The number of ether oxygens (including phenoxy) is 1. The molecule has 4 rings (SSSR count). The molecule has 156 valence electrons. The van der Waals surface area contributed by atoms with Crippen molar-refractivity contribution >= 4 is 67.6 Å². The van der Waals surface area contributed by atoms with E-state index in [9.17, 15) is 14.9 Å². The first-order chi connectivity index (χ1) is 14.9. The summed E-state index contributed by atoms with van der Waals surface area (Å²) in [6.45, 7) is 0. The number of nitro groups is 1. The quantitative estimate of drug-likeness (QED) is 0.177. The molecule has 1 fully saturated rings. The van der Waals surface area contributed by atoms with E-state index in [1.807, 2.05) is 24.3 Å². The Kier molecular flexibility index (Phi) is 5.94. The lowest BCUT2D eigenvalue weighted by molar-refractivity contribution is -0.384. The van der Waals surface area contributed by atoms with Crippen LogP contribution in [0.3, 0.4) is 0 Å². The van der Waals surface area contributed by atoms with Crippen molar-refractivity contribution in [3.05, 3.63) is 79.8 Å². The summed E-state index contributed by atoms with van der Waals surface area (Å²) in [5, 5.41) is 11.0. The first kappa shape index (κ1) is 21.3. The molecule has 0 unspecified atom stereocenters. The third-order valence-corrected chi connectivity index (χ3v) is 6.22. The lowest BCUT2D eigenvalue weighted by atomic mass is 10.1. The van der Waals surface area contributed by atoms with Crippen LogP contribution in [-0.2, 0) is 4.79 Å². The van der Waals surface area contributed by atoms with Crippen LogP contribution in [0.25, 0.3) is 17.4 Å². The van der Waals surface area contributed by atoms with Gasteiger partial charge in [-0.25, -0.2) is 0 Å². The van der Waals surface area contributed by atoms with Gasteiger partial charge in [-0.2, -0.15) is 0 Å². The number of thiocarbonyl (C=S) groups is 1. The Balaban J connectivity index is 1.63. The molecular formula is C21H13BrN2O5S2. The molecule has 1 aliphatic heterocycles. The number of benzene rings is 2. The summed E-state index contributed by atoms with van der Waals surface area (Å²) in [5.41, 5.74) is 1.16. The number of amides is 1. The van der Waals surface area contributed by atoms with Crippen LogP contribution in [0.2, 0.25) is 0 Å². The average molecular weight is 517 g/mol. The fourth-order valence-corrected chi connectivity index (χ4v) is 4.67. The summed E-state index contributed by atoms with van der Waals surface area (Å²) >= 11 is 9.98. The van der Waals surface area contributed by atoms with Crippen molar-refractivity contribution in [2.24, 2.45) is 0 Å². The average Bonchev–Trinajstić information content (AvgIpc) is 3.31. The second kappa shape index (κ2) is 8.66. The van der Waals surface area contributed by atoms with Crippen molar-refractivity contribution in [1.29, 1.82) is 0 Å². The number of furan rings is 1. The Morgan fingerprint density at radius 3 is 2.74 bits per heavy atom. The van der Waals surface area contributed by atoms with Gasteiger partial charge in [0.2, 0.25) is 0 Å². The number of nitrogens with zero attached hydrogens (tertiary/aromatic N) is 2. The van der Waals surface area contributed by atoms with Crippen molar-refractivity contribution < 1.29 is 18.9 Å². The zero-order chi connectivity index (χ0) is 22.1. The number of thioether (sulfide) groups is 1. The first-order valence-electron chi connectivity index (χ1n) is 8.83. The third kappa shape index (κ3) is 4.27. The molecule has 1 aromatic heterocycles. The zero-order valence-electron chi connectivity index (χ0n) is 15.9. The van der Waals surface area contributed by atoms with Gasteiger partial charge >= 0.3 is 0 Å². The van der Waals surface area contributed by atoms with E-state index in [2.05, 4.69) is 15.9 Å². The number of hydrogen-bond acceptors (Lipinski definition) is 7. The van der Waals surface area contributed by atoms with Crippen LogP contribution < -0.4 is 9.64 Å². The van der Waals surface area contributed by atoms with Crippen LogP contribution in [0.1, 0.15) is 5.76 Å². The van der Waals surface area contributed by atoms with Gasteiger partial charge in [0.15, 0.2) is 4.32 Å². The first-order valence-corrected chi connectivity index (χ1v) is 10.9. The summed E-state index contributed by atoms with van der Waals surface area (Å²) in [6.07, 6.45) is 1.62. The van der Waals surface area contributed by atoms with Crippen LogP contribution in [0, 0.1) is 10.1 Å². The smallest absolute Gasteiger partial charge is 0.273 e. The van der Waals surface area contributed by atoms with Gasteiger partial charge in [0.25, 0.3) is 11.6 Å². The second-order valence-corrected chi connectivity index (χ2v) is 8.93. The van der Waals surface area contributed by atoms with E-state index in [4.69, 9.17) is 21.4 Å². The summed E-state index contributed by atoms with van der Waals surface area (Å²) in [6, 6.07) is 15.0. The molecule has 1 aliphatic rings. The molecule has 31 heavy (non-hydrogen) atoms. The fraction of sp³-hybridized carbons (Fsp3) is 0.0476. The number of non-ortho nitro benzene ring substituents is 1. The van der Waals surface area contributed by atoms with Gasteiger partial charge in [-0.05, 0) is 36.4 Å². The molecule has 0 atom stereocenters. The second-order valence-electron chi connectivity index (χ2n) is 6.34. The van der Waals surface area contributed by atoms with Crippen LogP contribution in [0.15, 0.2) is 68.4 Å². The molecule has 7 nitrogen and oxygen atoms in total. The lowest BCUT2D eigenvalue weighted by Gasteiger charge is -2.14. The predicted octanol–water partition coefficient (Wildman–Crippen LogP) is 6.03. The van der Waals surface area contributed by atoms with E-state index in [0.29, 0.717) is 37.7 Å². The molecule has 10 heteroatoms. The minimum Gasteiger partial charge on any atom is -0.496 e. The Labute approximate surface area is 195 Å². The van der Waals surface area contributed by atoms with Gasteiger partial charge < -0.3 is 9.15 Å². The van der Waals surface area contributed by atoms with E-state index in [1.54, 1.807) is 24.3 Å². The van der Waals surface area contributed by atoms with Crippen LogP contribution in [0.4, 0.5) is 11.4 Å². The maximum atomic E-state index is 12.9. The minimum absolute atomic E-state index is 0.0800. The van der Waals surface area contributed by atoms with E-state index < -0.39 is 4.92 Å². The molecule has 0 N–H and O–H groups in total. The van der Waals surface area contributed by atoms with Gasteiger partial charge in [0.05, 0.1) is 34.3 Å². The Morgan fingerprint density at radius 2 is 2.03 bits per heavy atom. The lowest BCUT2D eigenvalue weighted by Crippen LogP contribution is -2.27. The molecule has 0 aliphatic carbocycles. The van der Waals surface area contributed by atoms with Crippen molar-refractivity contribution in [2.45, 2.75) is 0 Å². The summed E-state index contributed by atoms with van der Waals surface area (Å²) in [7, 11) is 1.43. The summed E-state index contributed by atoms with van der Waals surface area (Å²) in [4.78, 5) is 25.3. The zero-order valence-corrected chi connectivity index (χ0v) is 19.1. The van der Waals surface area contributed by atoms with Crippen molar-refractivity contribution in [1.82, 2.24) is 0 Å². The number of halogens is 1. The summed E-state index contributed by atoms with van der Waals surface area (Å²) < 4.78 is 12.4. The highest BCUT2D eigenvalue weighted by Gasteiger charge is 2.33. The highest BCUT2D eigenvalue weighted by Crippen LogP contribution is 2.38. The van der Waals surface area contributed by atoms with Crippen molar-refractivity contribution in [2.75, 3.05) is 12.0 Å². The molecule has 2 heterocycles. The molecule has 1 saturated heterocycles. The molecule has 0 spiro atoms. The third-order valence-electron chi connectivity index (χ3n) is 4.42. The van der Waals surface area contributed by atoms with Gasteiger partial charge in [-0.1, -0.05) is 46.0 Å². The maximum Gasteiger partial charge on any atom is 0.273 e. The normalized spacial score (nSPS) is 15.0. The number of carbonyl (C=O) groups excluding carboxylic acids is 1. The number of nitro benzene ring substituents is 1. The topological polar surface area (TPSA) is 85.8 Å². The van der Waals surface area contributed by atoms with E-state index in [-0.39, 0.29) is 11.6 Å². The number of hydrogen-bond donors (Lipinski definition) is 0. The SMILES string of the molecule is COc1cc([N+](=O)[O-])ccc1-c1ccc(/C=C2/SC(=S)N(c3cccc(Br)c3)C2=O)o1. The number of methoxy groups -OCH3 is 1. The largest absolute Gasteiger partial charge is 0.496 e. The Morgan fingerprint density at radius 1 is 1.23 bits per heavy atom. The molecule has 3 aromatic rings. The molecular weight excluding hydrogens is 504 g/mol. The monoisotopic (exact) mass is 516 g/mol. The van der Waals surface area contributed by atoms with E-state index in [1.165, 1.54) is 35.9 Å².